The molecule has 4 nitrogen and oxygen atoms in total. The number of carbonyl (C=O) groups is 1. The lowest BCUT2D eigenvalue weighted by Crippen LogP contribution is -2.38. The molecule has 0 atom stereocenters. The third-order valence-corrected chi connectivity index (χ3v) is 3.41. The van der Waals surface area contributed by atoms with Gasteiger partial charge >= 0.3 is 5.97 Å². The van der Waals surface area contributed by atoms with Gasteiger partial charge < -0.3 is 10.5 Å². The first kappa shape index (κ1) is 16.7. The Hall–Kier alpha value is -1.39. The SMILES string of the molecule is CCN(Cc1cccc(C(=O)OC)c1)CC(C)(C)CN. The molecule has 1 aromatic rings. The van der Waals surface area contributed by atoms with Crippen LogP contribution in [-0.2, 0) is 11.3 Å². The van der Waals surface area contributed by atoms with Crippen molar-refractivity contribution < 1.29 is 9.53 Å². The number of rotatable bonds is 7. The van der Waals surface area contributed by atoms with Crippen LogP contribution in [0.25, 0.3) is 0 Å². The standard InChI is InChI=1S/C16H26N2O2/c1-5-18(12-16(2,3)11-17)10-13-7-6-8-14(9-13)15(19)20-4/h6-9H,5,10-12,17H2,1-4H3. The van der Waals surface area contributed by atoms with E-state index in [0.717, 1.165) is 25.2 Å². The molecule has 2 N–H and O–H groups in total. The minimum Gasteiger partial charge on any atom is -0.465 e. The van der Waals surface area contributed by atoms with Crippen LogP contribution in [0.1, 0.15) is 36.7 Å². The maximum Gasteiger partial charge on any atom is 0.337 e. The molecule has 0 saturated carbocycles. The van der Waals surface area contributed by atoms with Crippen LogP contribution < -0.4 is 5.73 Å². The van der Waals surface area contributed by atoms with Crippen molar-refractivity contribution in [2.45, 2.75) is 27.3 Å². The Bertz CT molecular complexity index is 444. The van der Waals surface area contributed by atoms with Gasteiger partial charge in [-0.05, 0) is 36.2 Å². The van der Waals surface area contributed by atoms with Crippen molar-refractivity contribution >= 4 is 5.97 Å². The number of carbonyl (C=O) groups excluding carboxylic acids is 1. The van der Waals surface area contributed by atoms with Crippen molar-refractivity contribution in [2.75, 3.05) is 26.7 Å². The first-order valence-corrected chi connectivity index (χ1v) is 7.01. The Morgan fingerprint density at radius 2 is 2.10 bits per heavy atom. The molecular formula is C16H26N2O2. The van der Waals surface area contributed by atoms with Gasteiger partial charge in [0.15, 0.2) is 0 Å². The quantitative estimate of drug-likeness (QED) is 0.777. The van der Waals surface area contributed by atoms with Crippen molar-refractivity contribution in [3.63, 3.8) is 0 Å². The molecule has 0 bridgehead atoms. The van der Waals surface area contributed by atoms with Crippen LogP contribution >= 0.6 is 0 Å². The molecule has 0 fully saturated rings. The lowest BCUT2D eigenvalue weighted by Gasteiger charge is -2.31. The molecule has 0 heterocycles. The zero-order chi connectivity index (χ0) is 15.2. The highest BCUT2D eigenvalue weighted by atomic mass is 16.5. The van der Waals surface area contributed by atoms with E-state index in [0.29, 0.717) is 12.1 Å². The number of hydrogen-bond donors (Lipinski definition) is 1. The van der Waals surface area contributed by atoms with Crippen molar-refractivity contribution in [3.05, 3.63) is 35.4 Å². The van der Waals surface area contributed by atoms with Gasteiger partial charge in [-0.15, -0.1) is 0 Å². The first-order chi connectivity index (χ1) is 9.41. The van der Waals surface area contributed by atoms with Crippen LogP contribution in [0.5, 0.6) is 0 Å². The third kappa shape index (κ3) is 4.94. The van der Waals surface area contributed by atoms with Gasteiger partial charge in [-0.3, -0.25) is 4.90 Å². The fourth-order valence-corrected chi connectivity index (χ4v) is 2.12. The molecule has 0 saturated heterocycles. The highest BCUT2D eigenvalue weighted by Gasteiger charge is 2.19. The number of benzene rings is 1. The number of esters is 1. The lowest BCUT2D eigenvalue weighted by molar-refractivity contribution is 0.0600. The number of ether oxygens (including phenoxy) is 1. The Kier molecular flexibility index (Phi) is 6.17. The predicted octanol–water partition coefficient (Wildman–Crippen LogP) is 2.28. The molecule has 1 rings (SSSR count). The highest BCUT2D eigenvalue weighted by molar-refractivity contribution is 5.89. The molecule has 0 unspecified atom stereocenters. The molecular weight excluding hydrogens is 252 g/mol. The van der Waals surface area contributed by atoms with Crippen LogP contribution in [-0.4, -0.2) is 37.6 Å². The normalized spacial score (nSPS) is 11.7. The number of nitrogens with two attached hydrogens (primary N) is 1. The van der Waals surface area contributed by atoms with Crippen molar-refractivity contribution in [1.82, 2.24) is 4.90 Å². The Morgan fingerprint density at radius 1 is 1.40 bits per heavy atom. The summed E-state index contributed by atoms with van der Waals surface area (Å²) in [7, 11) is 1.40. The van der Waals surface area contributed by atoms with E-state index in [4.69, 9.17) is 10.5 Å². The van der Waals surface area contributed by atoms with Crippen LogP contribution in [0.3, 0.4) is 0 Å². The summed E-state index contributed by atoms with van der Waals surface area (Å²) in [6.07, 6.45) is 0. The second-order valence-electron chi connectivity index (χ2n) is 5.86. The van der Waals surface area contributed by atoms with Crippen molar-refractivity contribution in [2.24, 2.45) is 11.1 Å². The molecule has 112 valence electrons. The predicted molar refractivity (Wildman–Crippen MR) is 81.6 cm³/mol. The summed E-state index contributed by atoms with van der Waals surface area (Å²) in [5.74, 6) is -0.294. The van der Waals surface area contributed by atoms with Crippen LogP contribution in [0.4, 0.5) is 0 Å². The van der Waals surface area contributed by atoms with Gasteiger partial charge in [0.2, 0.25) is 0 Å². The molecule has 1 aromatic carbocycles. The minimum absolute atomic E-state index is 0.0932. The zero-order valence-electron chi connectivity index (χ0n) is 13.0. The number of nitrogens with zero attached hydrogens (tertiary/aromatic N) is 1. The van der Waals surface area contributed by atoms with Gasteiger partial charge in [-0.25, -0.2) is 4.79 Å². The Balaban J connectivity index is 2.77. The molecule has 0 aromatic heterocycles. The van der Waals surface area contributed by atoms with Crippen molar-refractivity contribution in [1.29, 1.82) is 0 Å². The van der Waals surface area contributed by atoms with Crippen LogP contribution in [0.2, 0.25) is 0 Å². The van der Waals surface area contributed by atoms with E-state index in [1.54, 1.807) is 6.07 Å². The molecule has 0 aliphatic carbocycles. The van der Waals surface area contributed by atoms with Gasteiger partial charge in [0.1, 0.15) is 0 Å². The van der Waals surface area contributed by atoms with E-state index < -0.39 is 0 Å². The van der Waals surface area contributed by atoms with E-state index in [9.17, 15) is 4.79 Å². The molecule has 0 amide bonds. The van der Waals surface area contributed by atoms with Gasteiger partial charge in [-0.1, -0.05) is 32.9 Å². The summed E-state index contributed by atoms with van der Waals surface area (Å²) in [6, 6.07) is 7.59. The average molecular weight is 278 g/mol. The summed E-state index contributed by atoms with van der Waals surface area (Å²) >= 11 is 0. The maximum absolute atomic E-state index is 11.5. The fourth-order valence-electron chi connectivity index (χ4n) is 2.12. The van der Waals surface area contributed by atoms with E-state index in [1.807, 2.05) is 18.2 Å². The van der Waals surface area contributed by atoms with E-state index >= 15 is 0 Å². The summed E-state index contributed by atoms with van der Waals surface area (Å²) < 4.78 is 4.75. The average Bonchev–Trinajstić information content (AvgIpc) is 2.45. The number of methoxy groups -OCH3 is 1. The minimum atomic E-state index is -0.294. The summed E-state index contributed by atoms with van der Waals surface area (Å²) in [4.78, 5) is 13.9. The molecule has 0 aliphatic rings. The van der Waals surface area contributed by atoms with E-state index in [1.165, 1.54) is 7.11 Å². The Labute approximate surface area is 121 Å². The van der Waals surface area contributed by atoms with E-state index in [2.05, 4.69) is 25.7 Å². The molecule has 0 radical (unpaired) electrons. The van der Waals surface area contributed by atoms with Gasteiger partial charge in [0, 0.05) is 13.1 Å². The highest BCUT2D eigenvalue weighted by Crippen LogP contribution is 2.17. The summed E-state index contributed by atoms with van der Waals surface area (Å²) in [5.41, 5.74) is 7.60. The van der Waals surface area contributed by atoms with E-state index in [-0.39, 0.29) is 11.4 Å². The van der Waals surface area contributed by atoms with Crippen LogP contribution in [0.15, 0.2) is 24.3 Å². The van der Waals surface area contributed by atoms with Crippen LogP contribution in [0, 0.1) is 5.41 Å². The second kappa shape index (κ2) is 7.41. The summed E-state index contributed by atoms with van der Waals surface area (Å²) in [5, 5.41) is 0. The molecule has 4 heteroatoms. The molecule has 0 aliphatic heterocycles. The topological polar surface area (TPSA) is 55.6 Å². The van der Waals surface area contributed by atoms with Gasteiger partial charge in [0.25, 0.3) is 0 Å². The number of hydrogen-bond acceptors (Lipinski definition) is 4. The third-order valence-electron chi connectivity index (χ3n) is 3.41. The first-order valence-electron chi connectivity index (χ1n) is 7.01. The van der Waals surface area contributed by atoms with Gasteiger partial charge in [-0.2, -0.15) is 0 Å². The fraction of sp³-hybridized carbons (Fsp3) is 0.562. The van der Waals surface area contributed by atoms with Gasteiger partial charge in [0.05, 0.1) is 12.7 Å². The molecule has 20 heavy (non-hydrogen) atoms. The Morgan fingerprint density at radius 3 is 2.65 bits per heavy atom. The zero-order valence-corrected chi connectivity index (χ0v) is 13.0. The van der Waals surface area contributed by atoms with Crippen molar-refractivity contribution in [3.8, 4) is 0 Å². The monoisotopic (exact) mass is 278 g/mol. The lowest BCUT2D eigenvalue weighted by atomic mass is 9.93. The molecule has 0 spiro atoms. The maximum atomic E-state index is 11.5. The summed E-state index contributed by atoms with van der Waals surface area (Å²) in [6.45, 7) is 9.82. The smallest absolute Gasteiger partial charge is 0.337 e. The largest absolute Gasteiger partial charge is 0.465 e. The second-order valence-corrected chi connectivity index (χ2v) is 5.86.